The molecule has 8 nitrogen and oxygen atoms in total. The van der Waals surface area contributed by atoms with Gasteiger partial charge in [-0.2, -0.15) is 5.10 Å². The van der Waals surface area contributed by atoms with E-state index in [0.29, 0.717) is 48.1 Å². The van der Waals surface area contributed by atoms with Crippen molar-refractivity contribution in [2.24, 2.45) is 0 Å². The molecule has 0 radical (unpaired) electrons. The minimum Gasteiger partial charge on any atom is -0.362 e. The lowest BCUT2D eigenvalue weighted by atomic mass is 10.1. The Morgan fingerprint density at radius 3 is 2.52 bits per heavy atom. The minimum atomic E-state index is -0.459. The number of rotatable bonds is 4. The van der Waals surface area contributed by atoms with Gasteiger partial charge in [0.2, 0.25) is 0 Å². The number of para-hydroxylation sites is 1. The molecule has 0 atom stereocenters. The maximum atomic E-state index is 14.1. The van der Waals surface area contributed by atoms with Gasteiger partial charge in [0.15, 0.2) is 0 Å². The number of aromatic nitrogens is 2. The average molecular weight is 444 g/mol. The second-order valence-electron chi connectivity index (χ2n) is 7.18. The van der Waals surface area contributed by atoms with Gasteiger partial charge in [-0.05, 0) is 31.2 Å². The molecule has 2 aromatic carbocycles. The first-order valence-electron chi connectivity index (χ1n) is 9.64. The van der Waals surface area contributed by atoms with Gasteiger partial charge in [-0.25, -0.2) is 9.07 Å². The maximum absolute atomic E-state index is 14.1. The highest BCUT2D eigenvalue weighted by atomic mass is 35.5. The van der Waals surface area contributed by atoms with Crippen LogP contribution in [0.3, 0.4) is 0 Å². The van der Waals surface area contributed by atoms with Gasteiger partial charge >= 0.3 is 0 Å². The Kier molecular flexibility index (Phi) is 5.60. The number of nitro benzene ring substituents is 1. The van der Waals surface area contributed by atoms with E-state index in [0.717, 1.165) is 0 Å². The van der Waals surface area contributed by atoms with Crippen LogP contribution < -0.4 is 4.90 Å². The van der Waals surface area contributed by atoms with E-state index in [1.807, 2.05) is 4.90 Å². The Morgan fingerprint density at radius 2 is 1.84 bits per heavy atom. The van der Waals surface area contributed by atoms with E-state index in [-0.39, 0.29) is 17.3 Å². The second kappa shape index (κ2) is 8.35. The Hall–Kier alpha value is -3.46. The van der Waals surface area contributed by atoms with Crippen molar-refractivity contribution in [2.75, 3.05) is 31.1 Å². The molecule has 0 unspecified atom stereocenters. The van der Waals surface area contributed by atoms with Crippen LogP contribution in [-0.4, -0.2) is 51.7 Å². The van der Waals surface area contributed by atoms with Crippen LogP contribution in [0.1, 0.15) is 16.1 Å². The molecule has 0 saturated carbocycles. The minimum absolute atomic E-state index is 0.0608. The Morgan fingerprint density at radius 1 is 1.13 bits per heavy atom. The lowest BCUT2D eigenvalue weighted by Crippen LogP contribution is -2.49. The quantitative estimate of drug-likeness (QED) is 0.451. The molecule has 0 aliphatic carbocycles. The summed E-state index contributed by atoms with van der Waals surface area (Å²) in [6.45, 7) is 3.38. The number of piperazine rings is 1. The van der Waals surface area contributed by atoms with E-state index in [1.165, 1.54) is 23.0 Å². The highest BCUT2D eigenvalue weighted by molar-refractivity contribution is 6.30. The highest BCUT2D eigenvalue weighted by Gasteiger charge is 2.28. The maximum Gasteiger partial charge on any atom is 0.294 e. The predicted molar refractivity (Wildman–Crippen MR) is 114 cm³/mol. The van der Waals surface area contributed by atoms with Crippen LogP contribution in [0.2, 0.25) is 5.02 Å². The van der Waals surface area contributed by atoms with Crippen LogP contribution in [0.5, 0.6) is 0 Å². The number of nitro groups is 1. The molecule has 2 heterocycles. The molecule has 1 aliphatic rings. The van der Waals surface area contributed by atoms with E-state index >= 15 is 0 Å². The summed E-state index contributed by atoms with van der Waals surface area (Å²) < 4.78 is 15.5. The predicted octanol–water partition coefficient (Wildman–Crippen LogP) is 3.84. The van der Waals surface area contributed by atoms with Gasteiger partial charge in [0.05, 0.1) is 22.4 Å². The lowest BCUT2D eigenvalue weighted by molar-refractivity contribution is -0.384. The van der Waals surface area contributed by atoms with Crippen LogP contribution in [0.4, 0.5) is 15.8 Å². The smallest absolute Gasteiger partial charge is 0.294 e. The van der Waals surface area contributed by atoms with Crippen molar-refractivity contribution in [1.29, 1.82) is 0 Å². The monoisotopic (exact) mass is 443 g/mol. The van der Waals surface area contributed by atoms with Crippen molar-refractivity contribution < 1.29 is 14.1 Å². The van der Waals surface area contributed by atoms with Crippen LogP contribution >= 0.6 is 11.6 Å². The fraction of sp³-hybridized carbons (Fsp3) is 0.238. The van der Waals surface area contributed by atoms with Gasteiger partial charge < -0.3 is 9.80 Å². The van der Waals surface area contributed by atoms with Crippen LogP contribution in [-0.2, 0) is 0 Å². The number of carbonyl (C=O) groups excluding carboxylic acids is 1. The molecule has 1 aliphatic heterocycles. The zero-order valence-corrected chi connectivity index (χ0v) is 17.4. The van der Waals surface area contributed by atoms with Crippen molar-refractivity contribution in [2.45, 2.75) is 6.92 Å². The summed E-state index contributed by atoms with van der Waals surface area (Å²) in [5.41, 5.74) is 1.64. The zero-order valence-electron chi connectivity index (χ0n) is 16.7. The van der Waals surface area contributed by atoms with Gasteiger partial charge in [0.25, 0.3) is 11.6 Å². The molecule has 160 valence electrons. The molecule has 1 aromatic heterocycles. The van der Waals surface area contributed by atoms with E-state index < -0.39 is 10.7 Å². The molecule has 1 saturated heterocycles. The Labute approximate surface area is 182 Å². The molecule has 0 spiro atoms. The van der Waals surface area contributed by atoms with Crippen LogP contribution in [0.25, 0.3) is 5.69 Å². The first-order valence-corrected chi connectivity index (χ1v) is 10.0. The van der Waals surface area contributed by atoms with Gasteiger partial charge in [-0.15, -0.1) is 0 Å². The van der Waals surface area contributed by atoms with Crippen molar-refractivity contribution in [3.63, 3.8) is 0 Å². The zero-order chi connectivity index (χ0) is 22.1. The number of hydrogen-bond acceptors (Lipinski definition) is 5. The fourth-order valence-corrected chi connectivity index (χ4v) is 3.88. The first-order chi connectivity index (χ1) is 14.9. The highest BCUT2D eigenvalue weighted by Crippen LogP contribution is 2.32. The van der Waals surface area contributed by atoms with Crippen molar-refractivity contribution in [3.05, 3.63) is 80.9 Å². The molecule has 1 amide bonds. The number of halogens is 2. The third-order valence-electron chi connectivity index (χ3n) is 5.36. The second-order valence-corrected chi connectivity index (χ2v) is 7.61. The van der Waals surface area contributed by atoms with Crippen molar-refractivity contribution in [1.82, 2.24) is 14.7 Å². The van der Waals surface area contributed by atoms with E-state index in [1.54, 1.807) is 42.2 Å². The molecular formula is C21H19ClFN5O3. The fourth-order valence-electron chi connectivity index (χ4n) is 3.72. The number of carbonyl (C=O) groups is 1. The third-order valence-corrected chi connectivity index (χ3v) is 5.60. The molecule has 31 heavy (non-hydrogen) atoms. The van der Waals surface area contributed by atoms with Crippen LogP contribution in [0.15, 0.2) is 48.7 Å². The Balaban J connectivity index is 1.50. The number of amides is 1. The summed E-state index contributed by atoms with van der Waals surface area (Å²) in [4.78, 5) is 27.5. The normalized spacial score (nSPS) is 14.0. The molecule has 10 heteroatoms. The summed E-state index contributed by atoms with van der Waals surface area (Å²) in [6.07, 6.45) is 1.44. The number of anilines is 1. The first kappa shape index (κ1) is 20.8. The summed E-state index contributed by atoms with van der Waals surface area (Å²) >= 11 is 5.90. The van der Waals surface area contributed by atoms with Crippen molar-refractivity contribution >= 4 is 28.9 Å². The molecule has 0 N–H and O–H groups in total. The summed E-state index contributed by atoms with van der Waals surface area (Å²) in [5.74, 6) is -0.629. The summed E-state index contributed by atoms with van der Waals surface area (Å²) in [7, 11) is 0. The standard InChI is InChI=1S/C21H19ClFN5O3/c1-14-16(13-24-27(14)18-5-3-2-4-17(18)23)21(29)26-10-8-25(9-11-26)19-7-6-15(22)12-20(19)28(30)31/h2-7,12-13H,8-11H2,1H3. The number of hydrogen-bond donors (Lipinski definition) is 0. The van der Waals surface area contributed by atoms with Crippen LogP contribution in [0, 0.1) is 22.9 Å². The molecule has 3 aromatic rings. The summed E-state index contributed by atoms with van der Waals surface area (Å²) in [6, 6.07) is 10.8. The Bertz CT molecular complexity index is 1160. The van der Waals surface area contributed by atoms with E-state index in [9.17, 15) is 19.3 Å². The molecule has 4 rings (SSSR count). The topological polar surface area (TPSA) is 84.5 Å². The van der Waals surface area contributed by atoms with Gasteiger partial charge in [-0.1, -0.05) is 23.7 Å². The summed E-state index contributed by atoms with van der Waals surface area (Å²) in [5, 5.41) is 15.9. The molecule has 0 bridgehead atoms. The SMILES string of the molecule is Cc1c(C(=O)N2CCN(c3ccc(Cl)cc3[N+](=O)[O-])CC2)cnn1-c1ccccc1F. The molecule has 1 fully saturated rings. The van der Waals surface area contributed by atoms with Gasteiger partial charge in [-0.3, -0.25) is 14.9 Å². The lowest BCUT2D eigenvalue weighted by Gasteiger charge is -2.35. The van der Waals surface area contributed by atoms with Gasteiger partial charge in [0, 0.05) is 37.3 Å². The largest absolute Gasteiger partial charge is 0.362 e. The number of nitrogens with zero attached hydrogens (tertiary/aromatic N) is 5. The van der Waals surface area contributed by atoms with Crippen molar-refractivity contribution in [3.8, 4) is 5.69 Å². The number of benzene rings is 2. The average Bonchev–Trinajstić information content (AvgIpc) is 3.14. The van der Waals surface area contributed by atoms with Gasteiger partial charge in [0.1, 0.15) is 17.2 Å². The van der Waals surface area contributed by atoms with E-state index in [2.05, 4.69) is 5.10 Å². The van der Waals surface area contributed by atoms with E-state index in [4.69, 9.17) is 11.6 Å². The third kappa shape index (κ3) is 3.96. The molecular weight excluding hydrogens is 425 g/mol.